The van der Waals surface area contributed by atoms with Gasteiger partial charge in [-0.15, -0.1) is 0 Å². The molecule has 8 nitrogen and oxygen atoms in total. The molecule has 0 spiro atoms. The number of carbonyl (C=O) groups excluding carboxylic acids is 1. The standard InChI is InChI=1S/C16H18FN7O/c17-11-3-5-12(6-4-11)22-16(25)23-14-13-15(20-9-19-14)24(10-21-13)8-2-1-7-18/h3-6,9-10H,1-2,7-8,18H2,(H2,19,20,22,23,25). The highest BCUT2D eigenvalue weighted by Crippen LogP contribution is 2.18. The van der Waals surface area contributed by atoms with Gasteiger partial charge in [0, 0.05) is 12.2 Å². The number of rotatable bonds is 6. The van der Waals surface area contributed by atoms with Crippen molar-refractivity contribution in [1.29, 1.82) is 0 Å². The Morgan fingerprint density at radius 3 is 2.68 bits per heavy atom. The largest absolute Gasteiger partial charge is 0.330 e. The molecule has 0 bridgehead atoms. The molecule has 0 saturated heterocycles. The molecule has 0 atom stereocenters. The summed E-state index contributed by atoms with van der Waals surface area (Å²) < 4.78 is 14.8. The first-order valence-electron chi connectivity index (χ1n) is 7.87. The number of hydrogen-bond acceptors (Lipinski definition) is 5. The maximum absolute atomic E-state index is 12.9. The zero-order valence-electron chi connectivity index (χ0n) is 13.4. The van der Waals surface area contributed by atoms with Crippen LogP contribution in [0, 0.1) is 5.82 Å². The van der Waals surface area contributed by atoms with Gasteiger partial charge in [0.05, 0.1) is 6.33 Å². The van der Waals surface area contributed by atoms with E-state index in [0.717, 1.165) is 19.4 Å². The molecule has 0 unspecified atom stereocenters. The number of anilines is 2. The van der Waals surface area contributed by atoms with E-state index in [0.29, 0.717) is 29.2 Å². The Labute approximate surface area is 143 Å². The van der Waals surface area contributed by atoms with Crippen LogP contribution in [-0.4, -0.2) is 32.1 Å². The first-order valence-corrected chi connectivity index (χ1v) is 7.87. The van der Waals surface area contributed by atoms with Crippen LogP contribution in [0.1, 0.15) is 12.8 Å². The summed E-state index contributed by atoms with van der Waals surface area (Å²) >= 11 is 0. The third-order valence-corrected chi connectivity index (χ3v) is 3.59. The van der Waals surface area contributed by atoms with Crippen molar-refractivity contribution in [3.8, 4) is 0 Å². The molecule has 25 heavy (non-hydrogen) atoms. The molecule has 0 fully saturated rings. The van der Waals surface area contributed by atoms with Gasteiger partial charge in [-0.05, 0) is 43.7 Å². The Morgan fingerprint density at radius 2 is 1.92 bits per heavy atom. The van der Waals surface area contributed by atoms with Gasteiger partial charge in [-0.3, -0.25) is 5.32 Å². The molecule has 2 aromatic heterocycles. The maximum Gasteiger partial charge on any atom is 0.324 e. The van der Waals surface area contributed by atoms with Gasteiger partial charge in [0.25, 0.3) is 0 Å². The fourth-order valence-electron chi connectivity index (χ4n) is 2.37. The Kier molecular flexibility index (Phi) is 5.14. The number of halogens is 1. The third kappa shape index (κ3) is 4.07. The van der Waals surface area contributed by atoms with Crippen LogP contribution in [0.2, 0.25) is 0 Å². The number of fused-ring (bicyclic) bond motifs is 1. The number of carbonyl (C=O) groups is 1. The second kappa shape index (κ2) is 7.67. The predicted molar refractivity (Wildman–Crippen MR) is 92.7 cm³/mol. The van der Waals surface area contributed by atoms with Gasteiger partial charge in [0.1, 0.15) is 12.1 Å². The minimum absolute atomic E-state index is 0.308. The zero-order chi connectivity index (χ0) is 17.6. The Morgan fingerprint density at radius 1 is 1.12 bits per heavy atom. The molecule has 1 aromatic carbocycles. The predicted octanol–water partition coefficient (Wildman–Crippen LogP) is 2.35. The molecular formula is C16H18FN7O. The number of hydrogen-bond donors (Lipinski definition) is 3. The highest BCUT2D eigenvalue weighted by molar-refractivity contribution is 6.02. The van der Waals surface area contributed by atoms with Gasteiger partial charge in [0.15, 0.2) is 17.0 Å². The minimum atomic E-state index is -0.496. The van der Waals surface area contributed by atoms with Crippen LogP contribution in [0.5, 0.6) is 0 Å². The zero-order valence-corrected chi connectivity index (χ0v) is 13.4. The Hall–Kier alpha value is -3.07. The first kappa shape index (κ1) is 16.8. The number of nitrogens with one attached hydrogen (secondary N) is 2. The van der Waals surface area contributed by atoms with Crippen molar-refractivity contribution < 1.29 is 9.18 Å². The average molecular weight is 343 g/mol. The number of nitrogens with zero attached hydrogens (tertiary/aromatic N) is 4. The highest BCUT2D eigenvalue weighted by Gasteiger charge is 2.12. The fourth-order valence-corrected chi connectivity index (χ4v) is 2.37. The summed E-state index contributed by atoms with van der Waals surface area (Å²) in [7, 11) is 0. The van der Waals surface area contributed by atoms with Gasteiger partial charge in [0.2, 0.25) is 0 Å². The van der Waals surface area contributed by atoms with Crippen LogP contribution >= 0.6 is 0 Å². The lowest BCUT2D eigenvalue weighted by Crippen LogP contribution is -2.20. The number of aromatic nitrogens is 4. The van der Waals surface area contributed by atoms with Crippen LogP contribution in [0.15, 0.2) is 36.9 Å². The summed E-state index contributed by atoms with van der Waals surface area (Å²) in [5.74, 6) is -0.0640. The average Bonchev–Trinajstić information content (AvgIpc) is 3.02. The molecule has 4 N–H and O–H groups in total. The summed E-state index contributed by atoms with van der Waals surface area (Å²) in [5.41, 5.74) is 7.12. The van der Waals surface area contributed by atoms with E-state index in [4.69, 9.17) is 5.73 Å². The summed E-state index contributed by atoms with van der Waals surface area (Å²) in [5, 5.41) is 5.24. The smallest absolute Gasteiger partial charge is 0.324 e. The molecule has 0 aliphatic carbocycles. The summed E-state index contributed by atoms with van der Waals surface area (Å²) in [6.45, 7) is 1.38. The molecule has 0 saturated carbocycles. The van der Waals surface area contributed by atoms with Crippen LogP contribution in [0.25, 0.3) is 11.2 Å². The van der Waals surface area contributed by atoms with E-state index in [2.05, 4.69) is 25.6 Å². The van der Waals surface area contributed by atoms with E-state index in [9.17, 15) is 9.18 Å². The molecule has 9 heteroatoms. The van der Waals surface area contributed by atoms with E-state index in [1.54, 1.807) is 6.33 Å². The van der Waals surface area contributed by atoms with Crippen molar-refractivity contribution in [1.82, 2.24) is 19.5 Å². The van der Waals surface area contributed by atoms with Crippen molar-refractivity contribution >= 4 is 28.7 Å². The number of urea groups is 1. The number of amides is 2. The third-order valence-electron chi connectivity index (χ3n) is 3.59. The number of unbranched alkanes of at least 4 members (excludes halogenated alkanes) is 1. The van der Waals surface area contributed by atoms with Crippen molar-refractivity contribution in [2.45, 2.75) is 19.4 Å². The number of aryl methyl sites for hydroxylation is 1. The van der Waals surface area contributed by atoms with E-state index < -0.39 is 6.03 Å². The fraction of sp³-hybridized carbons (Fsp3) is 0.250. The SMILES string of the molecule is NCCCCn1cnc2c(NC(=O)Nc3ccc(F)cc3)ncnc21. The van der Waals surface area contributed by atoms with Crippen LogP contribution in [0.4, 0.5) is 20.7 Å². The van der Waals surface area contributed by atoms with Gasteiger partial charge in [-0.1, -0.05) is 0 Å². The normalized spacial score (nSPS) is 10.8. The molecular weight excluding hydrogens is 325 g/mol. The number of imidazole rings is 1. The quantitative estimate of drug-likeness (QED) is 0.595. The van der Waals surface area contributed by atoms with Crippen LogP contribution in [0.3, 0.4) is 0 Å². The Balaban J connectivity index is 1.72. The van der Waals surface area contributed by atoms with E-state index >= 15 is 0 Å². The van der Waals surface area contributed by atoms with E-state index in [-0.39, 0.29) is 5.82 Å². The van der Waals surface area contributed by atoms with E-state index in [1.165, 1.54) is 30.6 Å². The van der Waals surface area contributed by atoms with Crippen LogP contribution < -0.4 is 16.4 Å². The molecule has 0 radical (unpaired) electrons. The lowest BCUT2D eigenvalue weighted by molar-refractivity contribution is 0.262. The van der Waals surface area contributed by atoms with Crippen molar-refractivity contribution in [2.24, 2.45) is 5.73 Å². The second-order valence-electron chi connectivity index (χ2n) is 5.41. The minimum Gasteiger partial charge on any atom is -0.330 e. The van der Waals surface area contributed by atoms with Gasteiger partial charge >= 0.3 is 6.03 Å². The van der Waals surface area contributed by atoms with Crippen molar-refractivity contribution in [3.05, 3.63) is 42.7 Å². The Bertz CT molecular complexity index is 863. The first-order chi connectivity index (χ1) is 12.2. The van der Waals surface area contributed by atoms with Crippen LogP contribution in [-0.2, 0) is 6.54 Å². The molecule has 0 aliphatic heterocycles. The summed E-state index contributed by atoms with van der Waals surface area (Å²) in [4.78, 5) is 24.7. The molecule has 3 aromatic rings. The summed E-state index contributed by atoms with van der Waals surface area (Å²) in [6.07, 6.45) is 4.87. The van der Waals surface area contributed by atoms with E-state index in [1.807, 2.05) is 4.57 Å². The lowest BCUT2D eigenvalue weighted by atomic mass is 10.3. The molecule has 2 amide bonds. The number of benzene rings is 1. The highest BCUT2D eigenvalue weighted by atomic mass is 19.1. The summed E-state index contributed by atoms with van der Waals surface area (Å²) in [6, 6.07) is 4.97. The maximum atomic E-state index is 12.9. The van der Waals surface area contributed by atoms with Gasteiger partial charge in [-0.2, -0.15) is 0 Å². The second-order valence-corrected chi connectivity index (χ2v) is 5.41. The van der Waals surface area contributed by atoms with Crippen molar-refractivity contribution in [2.75, 3.05) is 17.2 Å². The molecule has 0 aliphatic rings. The molecule has 130 valence electrons. The topological polar surface area (TPSA) is 111 Å². The van der Waals surface area contributed by atoms with Crippen molar-refractivity contribution in [3.63, 3.8) is 0 Å². The number of nitrogens with two attached hydrogens (primary N) is 1. The van der Waals surface area contributed by atoms with Gasteiger partial charge in [-0.25, -0.2) is 24.1 Å². The lowest BCUT2D eigenvalue weighted by Gasteiger charge is -2.07. The van der Waals surface area contributed by atoms with Gasteiger partial charge < -0.3 is 15.6 Å². The monoisotopic (exact) mass is 343 g/mol. The molecule has 3 rings (SSSR count). The molecule has 2 heterocycles.